The topological polar surface area (TPSA) is 188 Å². The molecular weight excluding hydrogens is 567 g/mol. The number of aliphatic carboxylic acids is 2. The molecule has 1 heterocycles. The van der Waals surface area contributed by atoms with Gasteiger partial charge in [-0.1, -0.05) is 72.8 Å². The highest BCUT2D eigenvalue weighted by Gasteiger charge is 2.44. The van der Waals surface area contributed by atoms with Gasteiger partial charge in [-0.25, -0.2) is 4.98 Å². The van der Waals surface area contributed by atoms with E-state index >= 15 is 0 Å². The normalized spacial score (nSPS) is 13.6. The third kappa shape index (κ3) is 7.84. The molecule has 0 aliphatic heterocycles. The van der Waals surface area contributed by atoms with Crippen LogP contribution >= 0.6 is 0 Å². The van der Waals surface area contributed by atoms with Gasteiger partial charge < -0.3 is 32.2 Å². The Balaban J connectivity index is 1.64. The summed E-state index contributed by atoms with van der Waals surface area (Å²) >= 11 is 0. The zero-order chi connectivity index (χ0) is 31.3. The standard InChI is InChI=1S/C30H28F3N5O5/c31-30(32,33)26(21-4-2-1-3-20(21)18-9-5-16(6-10-18)13-22(34)27(39)40)43-25-15-24(37-29(36)38-25)19-11-7-17(8-12-19)14-23(35)28(41)42/h1-12,15,22-23,26H,13-14,34-35H2,(H,39,40)(H,41,42)(H2,36,37,38)/t22?,23-,26?/m0/s1. The summed E-state index contributed by atoms with van der Waals surface area (Å²) in [5, 5.41) is 18.1. The smallest absolute Gasteiger partial charge is 0.429 e. The van der Waals surface area contributed by atoms with E-state index in [-0.39, 0.29) is 35.6 Å². The van der Waals surface area contributed by atoms with Crippen molar-refractivity contribution in [2.75, 3.05) is 5.73 Å². The SMILES string of the molecule is Nc1nc(OC(c2ccccc2-c2ccc(CC(N)C(=O)O)cc2)C(F)(F)F)cc(-c2ccc(C[C@H](N)C(=O)O)cc2)n1. The summed E-state index contributed by atoms with van der Waals surface area (Å²) in [6.07, 6.45) is -7.14. The van der Waals surface area contributed by atoms with Gasteiger partial charge in [-0.2, -0.15) is 18.2 Å². The summed E-state index contributed by atoms with van der Waals surface area (Å²) in [6, 6.07) is 17.8. The maximum Gasteiger partial charge on any atom is 0.429 e. The highest BCUT2D eigenvalue weighted by Crippen LogP contribution is 2.41. The number of nitrogens with zero attached hydrogens (tertiary/aromatic N) is 2. The van der Waals surface area contributed by atoms with Crippen molar-refractivity contribution in [1.29, 1.82) is 0 Å². The Labute approximate surface area is 244 Å². The third-order valence-electron chi connectivity index (χ3n) is 6.56. The number of hydrogen-bond acceptors (Lipinski definition) is 8. The molecule has 0 saturated carbocycles. The Morgan fingerprint density at radius 3 is 1.81 bits per heavy atom. The van der Waals surface area contributed by atoms with Gasteiger partial charge >= 0.3 is 18.1 Å². The first-order valence-corrected chi connectivity index (χ1v) is 12.9. The summed E-state index contributed by atoms with van der Waals surface area (Å²) in [5.74, 6) is -3.03. The summed E-state index contributed by atoms with van der Waals surface area (Å²) in [4.78, 5) is 30.1. The molecule has 8 N–H and O–H groups in total. The van der Waals surface area contributed by atoms with E-state index in [1.165, 1.54) is 24.3 Å². The van der Waals surface area contributed by atoms with Crippen LogP contribution in [-0.2, 0) is 22.4 Å². The first-order chi connectivity index (χ1) is 20.3. The van der Waals surface area contributed by atoms with Gasteiger partial charge in [0.2, 0.25) is 17.9 Å². The van der Waals surface area contributed by atoms with E-state index in [1.807, 2.05) is 0 Å². The molecule has 0 radical (unpaired) electrons. The monoisotopic (exact) mass is 595 g/mol. The fourth-order valence-corrected chi connectivity index (χ4v) is 4.38. The largest absolute Gasteiger partial charge is 0.480 e. The number of benzene rings is 3. The predicted octanol–water partition coefficient (Wildman–Crippen LogP) is 3.98. The number of carboxylic acid groups (broad SMARTS) is 2. The van der Waals surface area contributed by atoms with Crippen molar-refractivity contribution in [3.8, 4) is 28.3 Å². The first kappa shape index (κ1) is 30.9. The number of carbonyl (C=O) groups is 2. The van der Waals surface area contributed by atoms with Crippen LogP contribution < -0.4 is 21.9 Å². The van der Waals surface area contributed by atoms with Gasteiger partial charge in [0.05, 0.1) is 5.69 Å². The summed E-state index contributed by atoms with van der Waals surface area (Å²) in [6.45, 7) is 0. The zero-order valence-electron chi connectivity index (χ0n) is 22.5. The minimum atomic E-state index is -4.85. The van der Waals surface area contributed by atoms with Gasteiger partial charge in [0, 0.05) is 17.2 Å². The van der Waals surface area contributed by atoms with Crippen molar-refractivity contribution in [3.05, 3.63) is 95.6 Å². The second kappa shape index (κ2) is 12.9. The number of nitrogens with two attached hydrogens (primary N) is 3. The molecular formula is C30H28F3N5O5. The Kier molecular flexibility index (Phi) is 9.27. The Morgan fingerprint density at radius 2 is 1.30 bits per heavy atom. The summed E-state index contributed by atoms with van der Waals surface area (Å²) < 4.78 is 48.9. The van der Waals surface area contributed by atoms with Crippen LogP contribution in [0.25, 0.3) is 22.4 Å². The Morgan fingerprint density at radius 1 is 0.791 bits per heavy atom. The maximum absolute atomic E-state index is 14.5. The molecule has 13 heteroatoms. The molecule has 4 aromatic rings. The van der Waals surface area contributed by atoms with E-state index in [2.05, 4.69) is 9.97 Å². The number of nitrogen functional groups attached to an aromatic ring is 1. The van der Waals surface area contributed by atoms with Crippen molar-refractivity contribution in [2.24, 2.45) is 11.5 Å². The molecule has 3 aromatic carbocycles. The number of rotatable bonds is 11. The molecule has 0 spiro atoms. The number of hydrogen-bond donors (Lipinski definition) is 5. The van der Waals surface area contributed by atoms with E-state index in [1.54, 1.807) is 54.6 Å². The molecule has 2 unspecified atom stereocenters. The number of carboxylic acids is 2. The van der Waals surface area contributed by atoms with Crippen LogP contribution in [0, 0.1) is 0 Å². The summed E-state index contributed by atoms with van der Waals surface area (Å²) in [5.41, 5.74) is 19.4. The molecule has 43 heavy (non-hydrogen) atoms. The second-order valence-electron chi connectivity index (χ2n) is 9.77. The number of anilines is 1. The summed E-state index contributed by atoms with van der Waals surface area (Å²) in [7, 11) is 0. The van der Waals surface area contributed by atoms with Crippen molar-refractivity contribution >= 4 is 17.9 Å². The second-order valence-corrected chi connectivity index (χ2v) is 9.77. The van der Waals surface area contributed by atoms with E-state index in [9.17, 15) is 22.8 Å². The average molecular weight is 596 g/mol. The molecule has 0 fully saturated rings. The molecule has 3 atom stereocenters. The van der Waals surface area contributed by atoms with Crippen molar-refractivity contribution in [1.82, 2.24) is 9.97 Å². The van der Waals surface area contributed by atoms with Gasteiger partial charge in [-0.15, -0.1) is 0 Å². The van der Waals surface area contributed by atoms with E-state index in [4.69, 9.17) is 32.2 Å². The fourth-order valence-electron chi connectivity index (χ4n) is 4.38. The van der Waals surface area contributed by atoms with Crippen LogP contribution in [0.5, 0.6) is 5.88 Å². The number of halogens is 3. The lowest BCUT2D eigenvalue weighted by Gasteiger charge is -2.24. The maximum atomic E-state index is 14.5. The molecule has 0 aliphatic rings. The van der Waals surface area contributed by atoms with Crippen LogP contribution in [0.15, 0.2) is 78.9 Å². The van der Waals surface area contributed by atoms with E-state index in [0.29, 0.717) is 22.3 Å². The van der Waals surface area contributed by atoms with Crippen LogP contribution in [0.1, 0.15) is 22.8 Å². The van der Waals surface area contributed by atoms with Gasteiger partial charge in [-0.05, 0) is 35.1 Å². The number of aromatic nitrogens is 2. The third-order valence-corrected chi connectivity index (χ3v) is 6.56. The van der Waals surface area contributed by atoms with Crippen LogP contribution in [-0.4, -0.2) is 50.4 Å². The lowest BCUT2D eigenvalue weighted by Crippen LogP contribution is -2.32. The lowest BCUT2D eigenvalue weighted by atomic mass is 9.94. The predicted molar refractivity (Wildman–Crippen MR) is 152 cm³/mol. The quantitative estimate of drug-likeness (QED) is 0.170. The first-order valence-electron chi connectivity index (χ1n) is 12.9. The lowest BCUT2D eigenvalue weighted by molar-refractivity contribution is -0.198. The molecule has 0 aliphatic carbocycles. The van der Waals surface area contributed by atoms with Crippen LogP contribution in [0.2, 0.25) is 0 Å². The van der Waals surface area contributed by atoms with Gasteiger partial charge in [0.15, 0.2) is 0 Å². The molecule has 0 saturated heterocycles. The van der Waals surface area contributed by atoms with Crippen molar-refractivity contribution in [3.63, 3.8) is 0 Å². The fraction of sp³-hybridized carbons (Fsp3) is 0.200. The Bertz CT molecular complexity index is 1600. The molecule has 10 nitrogen and oxygen atoms in total. The van der Waals surface area contributed by atoms with Crippen molar-refractivity contribution < 1.29 is 37.7 Å². The minimum Gasteiger partial charge on any atom is -0.480 e. The molecule has 0 amide bonds. The minimum absolute atomic E-state index is 0.0572. The molecule has 4 rings (SSSR count). The average Bonchev–Trinajstić information content (AvgIpc) is 2.96. The van der Waals surface area contributed by atoms with Crippen LogP contribution in [0.4, 0.5) is 19.1 Å². The van der Waals surface area contributed by atoms with Gasteiger partial charge in [0.1, 0.15) is 12.1 Å². The molecule has 224 valence electrons. The highest BCUT2D eigenvalue weighted by atomic mass is 19.4. The van der Waals surface area contributed by atoms with Gasteiger partial charge in [-0.3, -0.25) is 9.59 Å². The Hall–Kier alpha value is -5.01. The van der Waals surface area contributed by atoms with Crippen LogP contribution in [0.3, 0.4) is 0 Å². The van der Waals surface area contributed by atoms with E-state index in [0.717, 1.165) is 0 Å². The van der Waals surface area contributed by atoms with Crippen molar-refractivity contribution in [2.45, 2.75) is 37.2 Å². The van der Waals surface area contributed by atoms with Gasteiger partial charge in [0.25, 0.3) is 0 Å². The highest BCUT2D eigenvalue weighted by molar-refractivity contribution is 5.74. The van der Waals surface area contributed by atoms with E-state index < -0.39 is 42.2 Å². The zero-order valence-corrected chi connectivity index (χ0v) is 22.5. The molecule has 1 aromatic heterocycles. The molecule has 0 bridgehead atoms. The number of ether oxygens (including phenoxy) is 1. The number of alkyl halides is 3.